The van der Waals surface area contributed by atoms with Gasteiger partial charge in [0.25, 0.3) is 0 Å². The molecule has 0 spiro atoms. The molecule has 0 saturated carbocycles. The molecule has 1 fully saturated rings. The van der Waals surface area contributed by atoms with Crippen LogP contribution in [0.15, 0.2) is 0 Å². The molecule has 0 aromatic carbocycles. The summed E-state index contributed by atoms with van der Waals surface area (Å²) in [6.07, 6.45) is 2.97. The van der Waals surface area contributed by atoms with Crippen LogP contribution in [0.25, 0.3) is 0 Å². The number of rotatable bonds is 6. The summed E-state index contributed by atoms with van der Waals surface area (Å²) in [4.78, 5) is 25.0. The quantitative estimate of drug-likeness (QED) is 0.799. The van der Waals surface area contributed by atoms with E-state index in [0.717, 1.165) is 19.3 Å². The Morgan fingerprint density at radius 2 is 2.05 bits per heavy atom. The molecule has 3 atom stereocenters. The molecule has 110 valence electrons. The zero-order valence-corrected chi connectivity index (χ0v) is 12.1. The fourth-order valence-electron chi connectivity index (χ4n) is 2.27. The highest BCUT2D eigenvalue weighted by molar-refractivity contribution is 5.84. The van der Waals surface area contributed by atoms with Gasteiger partial charge in [-0.05, 0) is 19.3 Å². The van der Waals surface area contributed by atoms with Crippen molar-refractivity contribution in [1.82, 2.24) is 4.90 Å². The van der Waals surface area contributed by atoms with Gasteiger partial charge in [0, 0.05) is 25.6 Å². The van der Waals surface area contributed by atoms with Gasteiger partial charge in [0.2, 0.25) is 5.91 Å². The topological polar surface area (TPSA) is 66.8 Å². The predicted octanol–water partition coefficient (Wildman–Crippen LogP) is 1.76. The number of likely N-dealkylation sites (tertiary alicyclic amines) is 1. The van der Waals surface area contributed by atoms with Crippen LogP contribution in [0.4, 0.5) is 0 Å². The normalized spacial score (nSPS) is 22.9. The van der Waals surface area contributed by atoms with E-state index in [0.29, 0.717) is 19.7 Å². The van der Waals surface area contributed by atoms with Gasteiger partial charge in [0.1, 0.15) is 0 Å². The lowest BCUT2D eigenvalue weighted by molar-refractivity contribution is -0.150. The molecule has 1 rings (SSSR count). The average Bonchev–Trinajstić information content (AvgIpc) is 2.42. The Balaban J connectivity index is 2.54. The van der Waals surface area contributed by atoms with Gasteiger partial charge >= 0.3 is 5.97 Å². The van der Waals surface area contributed by atoms with Crippen molar-refractivity contribution in [3.8, 4) is 0 Å². The zero-order chi connectivity index (χ0) is 14.4. The predicted molar refractivity (Wildman–Crippen MR) is 71.8 cm³/mol. The third-order valence-corrected chi connectivity index (χ3v) is 3.78. The third kappa shape index (κ3) is 4.49. The molecular weight excluding hydrogens is 246 g/mol. The molecule has 1 aliphatic heterocycles. The maximum absolute atomic E-state index is 12.3. The summed E-state index contributed by atoms with van der Waals surface area (Å²) in [5.41, 5.74) is 0. The van der Waals surface area contributed by atoms with Gasteiger partial charge < -0.3 is 14.7 Å². The zero-order valence-electron chi connectivity index (χ0n) is 12.1. The Labute approximate surface area is 114 Å². The van der Waals surface area contributed by atoms with Crippen molar-refractivity contribution >= 4 is 11.9 Å². The smallest absolute Gasteiger partial charge is 0.307 e. The highest BCUT2D eigenvalue weighted by Crippen LogP contribution is 2.19. The summed E-state index contributed by atoms with van der Waals surface area (Å²) in [6.45, 7) is 7.35. The van der Waals surface area contributed by atoms with Crippen molar-refractivity contribution in [3.63, 3.8) is 0 Å². The second-order valence-corrected chi connectivity index (χ2v) is 5.33. The van der Waals surface area contributed by atoms with Gasteiger partial charge in [-0.15, -0.1) is 0 Å². The molecule has 1 amide bonds. The molecule has 1 heterocycles. The number of hydrogen-bond acceptors (Lipinski definition) is 3. The molecule has 1 N–H and O–H groups in total. The van der Waals surface area contributed by atoms with Crippen LogP contribution < -0.4 is 0 Å². The van der Waals surface area contributed by atoms with Crippen LogP contribution in [0.5, 0.6) is 0 Å². The first-order chi connectivity index (χ1) is 8.97. The number of carboxylic acids is 1. The number of carboxylic acid groups (broad SMARTS) is 1. The number of carbonyl (C=O) groups is 2. The van der Waals surface area contributed by atoms with Crippen LogP contribution in [0, 0.1) is 11.8 Å². The fraction of sp³-hybridized carbons (Fsp3) is 0.857. The minimum Gasteiger partial charge on any atom is -0.481 e. The van der Waals surface area contributed by atoms with Crippen LogP contribution in [0.2, 0.25) is 0 Å². The molecule has 1 saturated heterocycles. The van der Waals surface area contributed by atoms with E-state index >= 15 is 0 Å². The highest BCUT2D eigenvalue weighted by Gasteiger charge is 2.32. The number of carbonyl (C=O) groups excluding carboxylic acids is 1. The van der Waals surface area contributed by atoms with Crippen LogP contribution in [0.1, 0.15) is 40.0 Å². The van der Waals surface area contributed by atoms with E-state index in [-0.39, 0.29) is 12.0 Å². The van der Waals surface area contributed by atoms with E-state index in [9.17, 15) is 9.59 Å². The second kappa shape index (κ2) is 7.48. The van der Waals surface area contributed by atoms with Crippen molar-refractivity contribution in [3.05, 3.63) is 0 Å². The van der Waals surface area contributed by atoms with Crippen molar-refractivity contribution in [2.24, 2.45) is 11.8 Å². The summed E-state index contributed by atoms with van der Waals surface area (Å²) >= 11 is 0. The van der Waals surface area contributed by atoms with E-state index in [4.69, 9.17) is 9.84 Å². The van der Waals surface area contributed by atoms with Crippen LogP contribution in [0.3, 0.4) is 0 Å². The molecule has 1 aliphatic rings. The van der Waals surface area contributed by atoms with E-state index in [1.807, 2.05) is 0 Å². The van der Waals surface area contributed by atoms with Crippen molar-refractivity contribution in [2.45, 2.75) is 46.1 Å². The Bertz CT molecular complexity index is 319. The molecular formula is C14H25NO4. The van der Waals surface area contributed by atoms with Gasteiger partial charge in [-0.25, -0.2) is 0 Å². The SMILES string of the molecule is CCCOC1CCCN(C(=O)C(C)C(C)C(=O)O)C1. The van der Waals surface area contributed by atoms with Crippen LogP contribution in [-0.2, 0) is 14.3 Å². The Morgan fingerprint density at radius 3 is 2.63 bits per heavy atom. The first-order valence-electron chi connectivity index (χ1n) is 7.10. The Hall–Kier alpha value is -1.10. The van der Waals surface area contributed by atoms with Gasteiger partial charge in [0.05, 0.1) is 12.0 Å². The third-order valence-electron chi connectivity index (χ3n) is 3.78. The summed E-state index contributed by atoms with van der Waals surface area (Å²) in [6, 6.07) is 0. The lowest BCUT2D eigenvalue weighted by Crippen LogP contribution is -2.47. The molecule has 5 nitrogen and oxygen atoms in total. The molecule has 3 unspecified atom stereocenters. The van der Waals surface area contributed by atoms with Crippen molar-refractivity contribution in [1.29, 1.82) is 0 Å². The van der Waals surface area contributed by atoms with Crippen LogP contribution in [-0.4, -0.2) is 47.7 Å². The minimum atomic E-state index is -0.920. The first kappa shape index (κ1) is 16.0. The fourth-order valence-corrected chi connectivity index (χ4v) is 2.27. The van der Waals surface area contributed by atoms with E-state index < -0.39 is 17.8 Å². The summed E-state index contributed by atoms with van der Waals surface area (Å²) in [7, 11) is 0. The van der Waals surface area contributed by atoms with Gasteiger partial charge in [-0.2, -0.15) is 0 Å². The number of aliphatic carboxylic acids is 1. The summed E-state index contributed by atoms with van der Waals surface area (Å²) < 4.78 is 5.69. The molecule has 5 heteroatoms. The van der Waals surface area contributed by atoms with Gasteiger partial charge in [-0.3, -0.25) is 9.59 Å². The number of hydrogen-bond donors (Lipinski definition) is 1. The van der Waals surface area contributed by atoms with Crippen molar-refractivity contribution < 1.29 is 19.4 Å². The van der Waals surface area contributed by atoms with Crippen LogP contribution >= 0.6 is 0 Å². The lowest BCUT2D eigenvalue weighted by atomic mass is 9.93. The summed E-state index contributed by atoms with van der Waals surface area (Å²) in [5.74, 6) is -2.12. The maximum Gasteiger partial charge on any atom is 0.307 e. The monoisotopic (exact) mass is 271 g/mol. The Kier molecular flexibility index (Phi) is 6.28. The van der Waals surface area contributed by atoms with Gasteiger partial charge in [0.15, 0.2) is 0 Å². The minimum absolute atomic E-state index is 0.0697. The average molecular weight is 271 g/mol. The molecule has 19 heavy (non-hydrogen) atoms. The van der Waals surface area contributed by atoms with E-state index in [1.165, 1.54) is 0 Å². The Morgan fingerprint density at radius 1 is 1.37 bits per heavy atom. The number of ether oxygens (including phenoxy) is 1. The molecule has 0 aromatic heterocycles. The lowest BCUT2D eigenvalue weighted by Gasteiger charge is -2.34. The standard InChI is InChI=1S/C14H25NO4/c1-4-8-19-12-6-5-7-15(9-12)13(16)10(2)11(3)14(17)18/h10-12H,4-9H2,1-3H3,(H,17,18). The van der Waals surface area contributed by atoms with E-state index in [1.54, 1.807) is 18.7 Å². The largest absolute Gasteiger partial charge is 0.481 e. The van der Waals surface area contributed by atoms with Gasteiger partial charge in [-0.1, -0.05) is 20.8 Å². The summed E-state index contributed by atoms with van der Waals surface area (Å²) in [5, 5.41) is 8.97. The highest BCUT2D eigenvalue weighted by atomic mass is 16.5. The number of amides is 1. The molecule has 0 bridgehead atoms. The molecule has 0 aromatic rings. The second-order valence-electron chi connectivity index (χ2n) is 5.33. The van der Waals surface area contributed by atoms with Crippen molar-refractivity contribution in [2.75, 3.05) is 19.7 Å². The number of piperidine rings is 1. The number of nitrogens with zero attached hydrogens (tertiary/aromatic N) is 1. The first-order valence-corrected chi connectivity index (χ1v) is 7.10. The maximum atomic E-state index is 12.3. The van der Waals surface area contributed by atoms with E-state index in [2.05, 4.69) is 6.92 Å². The molecule has 0 aliphatic carbocycles. The molecule has 0 radical (unpaired) electrons.